The molecule has 0 aliphatic rings. The number of carbonyl (C=O) groups excluding carboxylic acids is 2. The summed E-state index contributed by atoms with van der Waals surface area (Å²) in [6.45, 7) is 6.75. The van der Waals surface area contributed by atoms with Gasteiger partial charge in [0.05, 0.1) is 13.1 Å². The van der Waals surface area contributed by atoms with Gasteiger partial charge >= 0.3 is 0 Å². The first kappa shape index (κ1) is 16.5. The average molecular weight is 217 g/mol. The third-order valence-corrected chi connectivity index (χ3v) is 1.57. The van der Waals surface area contributed by atoms with Crippen LogP contribution in [0.2, 0.25) is 0 Å². The lowest BCUT2D eigenvalue weighted by atomic mass is 10.3. The molecule has 0 aromatic heterocycles. The highest BCUT2D eigenvalue weighted by Gasteiger charge is 2.12. The second-order valence-corrected chi connectivity index (χ2v) is 2.82. The molecule has 0 rings (SSSR count). The fourth-order valence-electron chi connectivity index (χ4n) is 0.937. The van der Waals surface area contributed by atoms with Crippen LogP contribution >= 0.6 is 0 Å². The van der Waals surface area contributed by atoms with Gasteiger partial charge in [0.15, 0.2) is 0 Å². The van der Waals surface area contributed by atoms with Gasteiger partial charge in [-0.2, -0.15) is 0 Å². The van der Waals surface area contributed by atoms with E-state index in [0.29, 0.717) is 13.1 Å². The number of amides is 1. The normalized spacial score (nSPS) is 8.87. The Balaban J connectivity index is 0. The number of Topliss-reactive ketones (excluding diaryl/α,β-unsaturated/α-hetero) is 1. The fraction of sp³-hybridized carbons (Fsp3) is 0.800. The maximum absolute atomic E-state index is 11.2. The van der Waals surface area contributed by atoms with Crippen molar-refractivity contribution in [2.75, 3.05) is 33.2 Å². The van der Waals surface area contributed by atoms with Gasteiger partial charge < -0.3 is 16.0 Å². The third kappa shape index (κ3) is 9.37. The van der Waals surface area contributed by atoms with Gasteiger partial charge in [-0.25, -0.2) is 0 Å². The van der Waals surface area contributed by atoms with Crippen molar-refractivity contribution in [3.8, 4) is 0 Å². The minimum absolute atomic E-state index is 0.0297. The molecule has 0 radical (unpaired) electrons. The highest BCUT2D eigenvalue weighted by molar-refractivity contribution is 5.85. The third-order valence-electron chi connectivity index (χ3n) is 1.57. The molecular formula is C10H23N3O2. The standard InChI is InChI=1S/C8H17N3O2.C2H6/c1-7(12)6-11(4-3-10-2)8(13)5-9;1-2/h10H,3-6,9H2,1-2H3;1-2H3. The fourth-order valence-corrected chi connectivity index (χ4v) is 0.937. The first-order valence-electron chi connectivity index (χ1n) is 5.23. The van der Waals surface area contributed by atoms with Gasteiger partial charge in [-0.1, -0.05) is 13.8 Å². The number of rotatable bonds is 6. The Labute approximate surface area is 92.0 Å². The van der Waals surface area contributed by atoms with E-state index in [2.05, 4.69) is 5.32 Å². The van der Waals surface area contributed by atoms with Crippen molar-refractivity contribution in [2.24, 2.45) is 5.73 Å². The van der Waals surface area contributed by atoms with Gasteiger partial charge in [0.25, 0.3) is 0 Å². The average Bonchev–Trinajstić information content (AvgIpc) is 2.25. The van der Waals surface area contributed by atoms with E-state index in [-0.39, 0.29) is 24.8 Å². The van der Waals surface area contributed by atoms with Gasteiger partial charge in [0.2, 0.25) is 5.91 Å². The molecule has 0 aromatic rings. The Morgan fingerprint density at radius 1 is 1.33 bits per heavy atom. The molecule has 15 heavy (non-hydrogen) atoms. The summed E-state index contributed by atoms with van der Waals surface area (Å²) in [4.78, 5) is 23.4. The number of hydrogen-bond acceptors (Lipinski definition) is 4. The van der Waals surface area contributed by atoms with Gasteiger partial charge in [-0.3, -0.25) is 9.59 Å². The molecule has 0 aromatic carbocycles. The number of likely N-dealkylation sites (N-methyl/N-ethyl adjacent to an activating group) is 1. The lowest BCUT2D eigenvalue weighted by Crippen LogP contribution is -2.42. The van der Waals surface area contributed by atoms with E-state index in [9.17, 15) is 9.59 Å². The smallest absolute Gasteiger partial charge is 0.236 e. The minimum Gasteiger partial charge on any atom is -0.333 e. The number of hydrogen-bond donors (Lipinski definition) is 2. The predicted molar refractivity (Wildman–Crippen MR) is 61.6 cm³/mol. The zero-order chi connectivity index (χ0) is 12.3. The maximum Gasteiger partial charge on any atom is 0.236 e. The van der Waals surface area contributed by atoms with Crippen LogP contribution in [0.25, 0.3) is 0 Å². The Kier molecular flexibility index (Phi) is 12.2. The molecule has 0 aliphatic carbocycles. The molecule has 0 unspecified atom stereocenters. The van der Waals surface area contributed by atoms with E-state index >= 15 is 0 Å². The zero-order valence-electron chi connectivity index (χ0n) is 10.2. The number of nitrogens with two attached hydrogens (primary N) is 1. The quantitative estimate of drug-likeness (QED) is 0.635. The molecule has 5 heteroatoms. The molecular weight excluding hydrogens is 194 g/mol. The van der Waals surface area contributed by atoms with Gasteiger partial charge in [0, 0.05) is 13.1 Å². The molecule has 0 saturated carbocycles. The van der Waals surface area contributed by atoms with Crippen LogP contribution in [0.4, 0.5) is 0 Å². The number of carbonyl (C=O) groups is 2. The van der Waals surface area contributed by atoms with Gasteiger partial charge in [0.1, 0.15) is 5.78 Å². The van der Waals surface area contributed by atoms with Crippen molar-refractivity contribution in [2.45, 2.75) is 20.8 Å². The molecule has 3 N–H and O–H groups in total. The van der Waals surface area contributed by atoms with Crippen molar-refractivity contribution >= 4 is 11.7 Å². The molecule has 0 spiro atoms. The predicted octanol–water partition coefficient (Wildman–Crippen LogP) is -0.392. The van der Waals surface area contributed by atoms with Crippen LogP contribution < -0.4 is 11.1 Å². The van der Waals surface area contributed by atoms with Crippen LogP contribution in [0.3, 0.4) is 0 Å². The molecule has 5 nitrogen and oxygen atoms in total. The summed E-state index contributed by atoms with van der Waals surface area (Å²) in [6.07, 6.45) is 0. The van der Waals surface area contributed by atoms with E-state index in [1.54, 1.807) is 7.05 Å². The highest BCUT2D eigenvalue weighted by Crippen LogP contribution is 1.88. The van der Waals surface area contributed by atoms with Crippen molar-refractivity contribution in [3.05, 3.63) is 0 Å². The summed E-state index contributed by atoms with van der Waals surface area (Å²) in [7, 11) is 1.79. The maximum atomic E-state index is 11.2. The van der Waals surface area contributed by atoms with Crippen LogP contribution in [-0.2, 0) is 9.59 Å². The Morgan fingerprint density at radius 2 is 1.87 bits per heavy atom. The Hall–Kier alpha value is -0.940. The summed E-state index contributed by atoms with van der Waals surface area (Å²) in [5.41, 5.74) is 5.20. The molecule has 0 bridgehead atoms. The molecule has 0 aliphatic heterocycles. The number of ketones is 1. The zero-order valence-corrected chi connectivity index (χ0v) is 10.2. The molecule has 1 amide bonds. The van der Waals surface area contributed by atoms with E-state index in [4.69, 9.17) is 5.73 Å². The number of nitrogens with zero attached hydrogens (tertiary/aromatic N) is 1. The summed E-state index contributed by atoms with van der Waals surface area (Å²) in [6, 6.07) is 0. The minimum atomic E-state index is -0.189. The first-order chi connectivity index (χ1) is 7.11. The van der Waals surface area contributed by atoms with E-state index in [1.807, 2.05) is 13.8 Å². The van der Waals surface area contributed by atoms with Gasteiger partial charge in [-0.15, -0.1) is 0 Å². The van der Waals surface area contributed by atoms with Crippen molar-refractivity contribution < 1.29 is 9.59 Å². The molecule has 0 heterocycles. The summed E-state index contributed by atoms with van der Waals surface area (Å²) in [5.74, 6) is -0.219. The molecule has 90 valence electrons. The summed E-state index contributed by atoms with van der Waals surface area (Å²) >= 11 is 0. The topological polar surface area (TPSA) is 75.4 Å². The lowest BCUT2D eigenvalue weighted by Gasteiger charge is -2.20. The van der Waals surface area contributed by atoms with E-state index in [0.717, 1.165) is 0 Å². The second-order valence-electron chi connectivity index (χ2n) is 2.82. The van der Waals surface area contributed by atoms with E-state index in [1.165, 1.54) is 11.8 Å². The largest absolute Gasteiger partial charge is 0.333 e. The highest BCUT2D eigenvalue weighted by atomic mass is 16.2. The van der Waals surface area contributed by atoms with Crippen LogP contribution in [0.15, 0.2) is 0 Å². The van der Waals surface area contributed by atoms with Crippen LogP contribution in [0, 0.1) is 0 Å². The van der Waals surface area contributed by atoms with Crippen molar-refractivity contribution in [3.63, 3.8) is 0 Å². The van der Waals surface area contributed by atoms with Gasteiger partial charge in [-0.05, 0) is 14.0 Å². The van der Waals surface area contributed by atoms with Crippen molar-refractivity contribution in [1.82, 2.24) is 10.2 Å². The van der Waals surface area contributed by atoms with Crippen LogP contribution in [-0.4, -0.2) is 49.8 Å². The molecule has 0 saturated heterocycles. The molecule has 0 atom stereocenters. The SMILES string of the molecule is CC.CNCCN(CC(C)=O)C(=O)CN. The van der Waals surface area contributed by atoms with Crippen LogP contribution in [0.1, 0.15) is 20.8 Å². The number of nitrogens with one attached hydrogen (secondary N) is 1. The monoisotopic (exact) mass is 217 g/mol. The Bertz CT molecular complexity index is 184. The Morgan fingerprint density at radius 3 is 2.20 bits per heavy atom. The van der Waals surface area contributed by atoms with E-state index < -0.39 is 0 Å². The summed E-state index contributed by atoms with van der Waals surface area (Å²) < 4.78 is 0. The lowest BCUT2D eigenvalue weighted by molar-refractivity contribution is -0.133. The first-order valence-corrected chi connectivity index (χ1v) is 5.23. The second kappa shape index (κ2) is 11.1. The summed E-state index contributed by atoms with van der Waals surface area (Å²) in [5, 5.41) is 2.90. The molecule has 0 fully saturated rings. The van der Waals surface area contributed by atoms with Crippen LogP contribution in [0.5, 0.6) is 0 Å². The van der Waals surface area contributed by atoms with Crippen molar-refractivity contribution in [1.29, 1.82) is 0 Å².